The van der Waals surface area contributed by atoms with Crippen molar-refractivity contribution in [1.82, 2.24) is 15.0 Å². The third-order valence-electron chi connectivity index (χ3n) is 7.29. The number of hydrogen-bond donors (Lipinski definition) is 1. The minimum absolute atomic E-state index is 0.0861. The summed E-state index contributed by atoms with van der Waals surface area (Å²) >= 11 is 0.946. The molecule has 0 aliphatic heterocycles. The number of nitrogens with zero attached hydrogens (tertiary/aromatic N) is 4. The molecule has 0 aliphatic rings. The normalized spacial score (nSPS) is 11.5. The summed E-state index contributed by atoms with van der Waals surface area (Å²) in [4.78, 5) is 19.2. The Hall–Kier alpha value is -5.17. The highest BCUT2D eigenvalue weighted by Gasteiger charge is 2.36. The Bertz CT molecular complexity index is 2210. The van der Waals surface area contributed by atoms with Crippen molar-refractivity contribution in [3.05, 3.63) is 77.8 Å². The monoisotopic (exact) mass is 771 g/mol. The lowest BCUT2D eigenvalue weighted by Gasteiger charge is -2.25. The van der Waals surface area contributed by atoms with Crippen molar-refractivity contribution in [3.8, 4) is 45.9 Å². The molecule has 0 radical (unpaired) electrons. The average molecular weight is 772 g/mol. The van der Waals surface area contributed by atoms with Gasteiger partial charge in [0.05, 0.1) is 35.0 Å². The van der Waals surface area contributed by atoms with E-state index in [4.69, 9.17) is 28.5 Å². The molecule has 18 heteroatoms. The molecule has 0 bridgehead atoms. The predicted molar refractivity (Wildman–Crippen MR) is 195 cm³/mol. The Morgan fingerprint density at radius 3 is 2.08 bits per heavy atom. The lowest BCUT2D eigenvalue weighted by Crippen LogP contribution is -2.32. The smallest absolute Gasteiger partial charge is 0.297 e. The van der Waals surface area contributed by atoms with Crippen LogP contribution in [0.3, 0.4) is 0 Å². The molecule has 0 unspecified atom stereocenters. The van der Waals surface area contributed by atoms with Crippen molar-refractivity contribution >= 4 is 43.0 Å². The van der Waals surface area contributed by atoms with Crippen LogP contribution in [0, 0.1) is 0 Å². The summed E-state index contributed by atoms with van der Waals surface area (Å²) in [6.07, 6.45) is 2.41. The third-order valence-corrected chi connectivity index (χ3v) is 11.6. The third kappa shape index (κ3) is 7.84. The van der Waals surface area contributed by atoms with Crippen LogP contribution in [0.4, 0.5) is 11.6 Å². The second-order valence-corrected chi connectivity index (χ2v) is 15.1. The molecule has 15 nitrogen and oxygen atoms in total. The summed E-state index contributed by atoms with van der Waals surface area (Å²) in [5, 5.41) is 1.34. The van der Waals surface area contributed by atoms with Crippen molar-refractivity contribution < 1.29 is 45.4 Å². The number of hydrogen-bond acceptors (Lipinski definition) is 14. The maximum atomic E-state index is 14.2. The van der Waals surface area contributed by atoms with E-state index < -0.39 is 37.4 Å². The van der Waals surface area contributed by atoms with E-state index in [1.54, 1.807) is 54.8 Å². The van der Waals surface area contributed by atoms with Gasteiger partial charge >= 0.3 is 0 Å². The first-order valence-corrected chi connectivity index (χ1v) is 19.5. The van der Waals surface area contributed by atoms with E-state index in [0.717, 1.165) is 11.3 Å². The van der Waals surface area contributed by atoms with Crippen LogP contribution >= 0.6 is 11.3 Å². The Balaban J connectivity index is 1.88. The Labute approximate surface area is 306 Å². The van der Waals surface area contributed by atoms with Gasteiger partial charge < -0.3 is 23.7 Å². The number of aryl methyl sites for hydroxylation is 1. The average Bonchev–Trinajstić information content (AvgIpc) is 3.71. The summed E-state index contributed by atoms with van der Waals surface area (Å²) in [6, 6.07) is 15.8. The van der Waals surface area contributed by atoms with Crippen LogP contribution in [-0.2, 0) is 31.3 Å². The number of anilines is 2. The molecule has 1 N–H and O–H groups in total. The van der Waals surface area contributed by atoms with Gasteiger partial charge in [0.2, 0.25) is 17.3 Å². The van der Waals surface area contributed by atoms with E-state index in [1.165, 1.54) is 52.8 Å². The van der Waals surface area contributed by atoms with Crippen molar-refractivity contribution in [2.24, 2.45) is 0 Å². The zero-order chi connectivity index (χ0) is 37.5. The molecule has 0 saturated carbocycles. The van der Waals surface area contributed by atoms with E-state index in [1.807, 2.05) is 6.92 Å². The lowest BCUT2D eigenvalue weighted by molar-refractivity contribution is 0.160. The second-order valence-electron chi connectivity index (χ2n) is 10.6. The van der Waals surface area contributed by atoms with Gasteiger partial charge in [0, 0.05) is 11.8 Å². The van der Waals surface area contributed by atoms with Crippen LogP contribution in [0.2, 0.25) is 0 Å². The number of methoxy groups -OCH3 is 4. The molecule has 3 aromatic heterocycles. The zero-order valence-corrected chi connectivity index (χ0v) is 31.6. The number of rotatable bonds is 17. The molecule has 0 atom stereocenters. The van der Waals surface area contributed by atoms with Crippen LogP contribution < -0.4 is 32.9 Å². The van der Waals surface area contributed by atoms with Gasteiger partial charge in [-0.15, -0.1) is 15.8 Å². The number of sulfonamides is 2. The second kappa shape index (κ2) is 16.4. The summed E-state index contributed by atoms with van der Waals surface area (Å²) in [5.74, 6) is -0.452. The van der Waals surface area contributed by atoms with Gasteiger partial charge in [0.1, 0.15) is 4.21 Å². The van der Waals surface area contributed by atoms with Crippen molar-refractivity contribution in [1.29, 1.82) is 0 Å². The van der Waals surface area contributed by atoms with Crippen molar-refractivity contribution in [2.45, 2.75) is 35.9 Å². The maximum Gasteiger partial charge on any atom is 0.297 e. The Morgan fingerprint density at radius 2 is 1.48 bits per heavy atom. The van der Waals surface area contributed by atoms with Crippen molar-refractivity contribution in [2.75, 3.05) is 44.2 Å². The van der Waals surface area contributed by atoms with E-state index >= 15 is 0 Å². The molecule has 3 heterocycles. The van der Waals surface area contributed by atoms with Gasteiger partial charge in [0.25, 0.3) is 20.0 Å². The Kier molecular flexibility index (Phi) is 12.0. The minimum Gasteiger partial charge on any atom is -0.493 e. The molecule has 52 heavy (non-hydrogen) atoms. The SMILES string of the molecule is CCCc1cccnc1S(=O)(=O)Nc1nc(-c2cc(OC)c(OC)c(OC)c2)nc(N(OCC)S(=O)(=O)c2cccs2)c1Oc1ccccc1OC. The van der Waals surface area contributed by atoms with E-state index in [9.17, 15) is 16.8 Å². The fourth-order valence-corrected chi connectivity index (χ4v) is 8.55. The van der Waals surface area contributed by atoms with Gasteiger partial charge in [0.15, 0.2) is 39.7 Å². The minimum atomic E-state index is -4.50. The van der Waals surface area contributed by atoms with Gasteiger partial charge in [-0.1, -0.05) is 37.6 Å². The number of ether oxygens (including phenoxy) is 5. The fourth-order valence-electron chi connectivity index (χ4n) is 5.03. The maximum absolute atomic E-state index is 14.2. The first-order valence-electron chi connectivity index (χ1n) is 15.7. The van der Waals surface area contributed by atoms with Crippen LogP contribution in [0.1, 0.15) is 25.8 Å². The molecule has 276 valence electrons. The molecule has 0 aliphatic carbocycles. The van der Waals surface area contributed by atoms with Gasteiger partial charge in [-0.25, -0.2) is 15.0 Å². The predicted octanol–water partition coefficient (Wildman–Crippen LogP) is 6.33. The zero-order valence-electron chi connectivity index (χ0n) is 29.1. The van der Waals surface area contributed by atoms with Crippen LogP contribution in [0.25, 0.3) is 11.4 Å². The highest BCUT2D eigenvalue weighted by molar-refractivity contribution is 7.94. The summed E-state index contributed by atoms with van der Waals surface area (Å²) in [5.41, 5.74) is 0.689. The van der Waals surface area contributed by atoms with Gasteiger partial charge in [-0.05, 0) is 60.7 Å². The lowest BCUT2D eigenvalue weighted by atomic mass is 10.1. The molecule has 0 amide bonds. The van der Waals surface area contributed by atoms with Crippen LogP contribution in [-0.4, -0.2) is 66.8 Å². The van der Waals surface area contributed by atoms with Gasteiger partial charge in [-0.2, -0.15) is 16.8 Å². The molecule has 0 fully saturated rings. The van der Waals surface area contributed by atoms with Crippen LogP contribution in [0.5, 0.6) is 34.5 Å². The van der Waals surface area contributed by atoms with E-state index in [0.29, 0.717) is 22.9 Å². The van der Waals surface area contributed by atoms with E-state index in [2.05, 4.69) is 19.7 Å². The Morgan fingerprint density at radius 1 is 0.788 bits per heavy atom. The summed E-state index contributed by atoms with van der Waals surface area (Å²) in [7, 11) is -3.31. The van der Waals surface area contributed by atoms with Gasteiger partial charge in [-0.3, -0.25) is 9.56 Å². The van der Waals surface area contributed by atoms with Crippen molar-refractivity contribution in [3.63, 3.8) is 0 Å². The standard InChI is InChI=1S/C34H37N5O10S3/c1-7-13-22-14-11-18-35-34(22)51(40,41)38-32-30(49-25-16-10-9-15-24(25)44-3)33(39(48-8-2)52(42,43)28-17-12-19-50-28)37-31(36-32)23-20-26(45-4)29(47-6)27(21-23)46-5/h9-12,14-21H,7-8,13H2,1-6H3,(H,36,37,38). The molecule has 0 saturated heterocycles. The van der Waals surface area contributed by atoms with Crippen LogP contribution in [0.15, 0.2) is 81.5 Å². The first-order chi connectivity index (χ1) is 25.0. The number of aromatic nitrogens is 3. The number of thiophene rings is 1. The first kappa shape index (κ1) is 38.1. The number of pyridine rings is 1. The van der Waals surface area contributed by atoms with E-state index in [-0.39, 0.29) is 56.0 Å². The molecule has 0 spiro atoms. The quantitative estimate of drug-likeness (QED) is 0.104. The largest absolute Gasteiger partial charge is 0.493 e. The summed E-state index contributed by atoms with van der Waals surface area (Å²) < 4.78 is 88.3. The molecule has 5 aromatic rings. The highest BCUT2D eigenvalue weighted by Crippen LogP contribution is 2.46. The topological polar surface area (TPSA) is 178 Å². The fraction of sp³-hybridized carbons (Fsp3) is 0.265. The molecular weight excluding hydrogens is 735 g/mol. The molecular formula is C34H37N5O10S3. The number of para-hydroxylation sites is 2. The summed E-state index contributed by atoms with van der Waals surface area (Å²) in [6.45, 7) is 3.35. The number of benzene rings is 2. The molecule has 5 rings (SSSR count). The molecule has 2 aromatic carbocycles. The highest BCUT2D eigenvalue weighted by atomic mass is 32.2. The number of nitrogens with one attached hydrogen (secondary N) is 1.